The number of ether oxygens (including phenoxy) is 3. The maximum absolute atomic E-state index is 12.2. The van der Waals surface area contributed by atoms with Gasteiger partial charge in [-0.3, -0.25) is 0 Å². The largest absolute Gasteiger partial charge is 0.515 e. The number of fused-ring (bicyclic) bond motifs is 1. The molecule has 0 amide bonds. The summed E-state index contributed by atoms with van der Waals surface area (Å²) in [5.74, 6) is 1.19. The molecule has 2 aromatic carbocycles. The number of aliphatic hydroxyl groups is 1. The summed E-state index contributed by atoms with van der Waals surface area (Å²) < 4.78 is 16.0. The highest BCUT2D eigenvalue weighted by molar-refractivity contribution is 5.90. The number of benzene rings is 2. The normalized spacial score (nSPS) is 21.6. The van der Waals surface area contributed by atoms with E-state index < -0.39 is 11.8 Å². The molecule has 3 aromatic rings. The van der Waals surface area contributed by atoms with E-state index in [1.807, 2.05) is 45.3 Å². The first kappa shape index (κ1) is 28.0. The van der Waals surface area contributed by atoms with E-state index in [2.05, 4.69) is 34.3 Å². The van der Waals surface area contributed by atoms with Crippen molar-refractivity contribution < 1.29 is 24.1 Å². The average Bonchev–Trinajstić information content (AvgIpc) is 3.21. The van der Waals surface area contributed by atoms with E-state index in [1.165, 1.54) is 0 Å². The smallest absolute Gasteiger partial charge is 0.497 e. The standard InChI is InChI=1S/C30H41N3O5/c1-7-37-29(34)38-28-25(27-20(3)13-19(2)14-26(27)32-28)17-31-23-11-12-30(35,22(15-23)18-33(4)5)21-9-8-10-24(16-21)36-6/h8-10,13-14,16,22-23,31-32,35H,7,11-12,15,17-18H2,1-6H3. The highest BCUT2D eigenvalue weighted by Gasteiger charge is 2.43. The van der Waals surface area contributed by atoms with Crippen LogP contribution in [0.1, 0.15) is 48.4 Å². The number of hydrogen-bond donors (Lipinski definition) is 3. The van der Waals surface area contributed by atoms with Crippen LogP contribution in [0, 0.1) is 19.8 Å². The van der Waals surface area contributed by atoms with Crippen LogP contribution in [-0.2, 0) is 16.9 Å². The van der Waals surface area contributed by atoms with Crippen molar-refractivity contribution >= 4 is 17.1 Å². The number of carbonyl (C=O) groups is 1. The Labute approximate surface area is 225 Å². The Balaban J connectivity index is 1.57. The van der Waals surface area contributed by atoms with Crippen LogP contribution in [0.5, 0.6) is 11.6 Å². The maximum atomic E-state index is 12.2. The zero-order chi connectivity index (χ0) is 27.4. The first-order valence-electron chi connectivity index (χ1n) is 13.4. The van der Waals surface area contributed by atoms with Gasteiger partial charge in [0, 0.05) is 41.5 Å². The topological polar surface area (TPSA) is 96.0 Å². The molecule has 3 N–H and O–H groups in total. The second kappa shape index (κ2) is 11.8. The van der Waals surface area contributed by atoms with Crippen LogP contribution in [0.3, 0.4) is 0 Å². The zero-order valence-corrected chi connectivity index (χ0v) is 23.4. The summed E-state index contributed by atoms with van der Waals surface area (Å²) in [6.45, 7) is 7.40. The molecule has 3 atom stereocenters. The Bertz CT molecular complexity index is 1270. The van der Waals surface area contributed by atoms with Gasteiger partial charge in [-0.05, 0) is 89.0 Å². The third kappa shape index (κ3) is 5.98. The molecule has 3 unspecified atom stereocenters. The number of hydrogen-bond acceptors (Lipinski definition) is 7. The summed E-state index contributed by atoms with van der Waals surface area (Å²) >= 11 is 0. The van der Waals surface area contributed by atoms with Gasteiger partial charge in [0.15, 0.2) is 0 Å². The van der Waals surface area contributed by atoms with Crippen LogP contribution in [-0.4, -0.2) is 61.5 Å². The van der Waals surface area contributed by atoms with Gasteiger partial charge in [0.25, 0.3) is 0 Å². The third-order valence-electron chi connectivity index (χ3n) is 7.59. The molecule has 206 valence electrons. The molecule has 1 heterocycles. The van der Waals surface area contributed by atoms with E-state index in [4.69, 9.17) is 14.2 Å². The van der Waals surface area contributed by atoms with Crippen molar-refractivity contribution in [3.8, 4) is 11.6 Å². The minimum Gasteiger partial charge on any atom is -0.497 e. The molecule has 1 aliphatic carbocycles. The fourth-order valence-corrected chi connectivity index (χ4v) is 5.89. The lowest BCUT2D eigenvalue weighted by atomic mass is 9.69. The van der Waals surface area contributed by atoms with E-state index in [9.17, 15) is 9.90 Å². The quantitative estimate of drug-likeness (QED) is 0.338. The van der Waals surface area contributed by atoms with Gasteiger partial charge in [-0.2, -0.15) is 0 Å². The number of rotatable bonds is 9. The van der Waals surface area contributed by atoms with Crippen molar-refractivity contribution in [1.29, 1.82) is 0 Å². The average molecular weight is 524 g/mol. The summed E-state index contributed by atoms with van der Waals surface area (Å²) in [6.07, 6.45) is 1.53. The first-order chi connectivity index (χ1) is 18.1. The lowest BCUT2D eigenvalue weighted by molar-refractivity contribution is -0.0694. The Kier molecular flexibility index (Phi) is 8.65. The molecule has 0 bridgehead atoms. The van der Waals surface area contributed by atoms with Crippen LogP contribution >= 0.6 is 0 Å². The number of methoxy groups -OCH3 is 1. The van der Waals surface area contributed by atoms with Crippen LogP contribution in [0.25, 0.3) is 10.9 Å². The molecular weight excluding hydrogens is 482 g/mol. The highest BCUT2D eigenvalue weighted by atomic mass is 16.7. The summed E-state index contributed by atoms with van der Waals surface area (Å²) in [5, 5.41) is 16.7. The molecule has 0 aliphatic heterocycles. The Hall–Kier alpha value is -3.07. The van der Waals surface area contributed by atoms with E-state index in [0.717, 1.165) is 58.3 Å². The van der Waals surface area contributed by atoms with Crippen molar-refractivity contribution in [2.45, 2.75) is 58.2 Å². The van der Waals surface area contributed by atoms with Gasteiger partial charge in [-0.15, -0.1) is 0 Å². The predicted octanol–water partition coefficient (Wildman–Crippen LogP) is 5.04. The predicted molar refractivity (Wildman–Crippen MR) is 149 cm³/mol. The van der Waals surface area contributed by atoms with Gasteiger partial charge in [0.1, 0.15) is 5.75 Å². The minimum atomic E-state index is -0.940. The van der Waals surface area contributed by atoms with Crippen LogP contribution in [0.15, 0.2) is 36.4 Å². The van der Waals surface area contributed by atoms with Crippen molar-refractivity contribution in [3.05, 3.63) is 58.7 Å². The minimum absolute atomic E-state index is 0.0264. The molecule has 4 rings (SSSR count). The second-order valence-electron chi connectivity index (χ2n) is 10.7. The van der Waals surface area contributed by atoms with Gasteiger partial charge in [0.05, 0.1) is 19.3 Å². The number of nitrogens with zero attached hydrogens (tertiary/aromatic N) is 1. The number of aromatic nitrogens is 1. The monoisotopic (exact) mass is 523 g/mol. The molecule has 1 saturated carbocycles. The third-order valence-corrected chi connectivity index (χ3v) is 7.59. The van der Waals surface area contributed by atoms with Crippen molar-refractivity contribution in [3.63, 3.8) is 0 Å². The molecule has 0 saturated heterocycles. The van der Waals surface area contributed by atoms with E-state index >= 15 is 0 Å². The Morgan fingerprint density at radius 2 is 2.03 bits per heavy atom. The van der Waals surface area contributed by atoms with Gasteiger partial charge in [-0.25, -0.2) is 4.79 Å². The molecule has 1 aliphatic rings. The summed E-state index contributed by atoms with van der Waals surface area (Å²) in [4.78, 5) is 17.6. The van der Waals surface area contributed by atoms with Gasteiger partial charge in [-0.1, -0.05) is 18.2 Å². The van der Waals surface area contributed by atoms with E-state index in [1.54, 1.807) is 14.0 Å². The van der Waals surface area contributed by atoms with Gasteiger partial charge >= 0.3 is 6.16 Å². The maximum Gasteiger partial charge on any atom is 0.515 e. The molecule has 8 heteroatoms. The molecule has 38 heavy (non-hydrogen) atoms. The summed E-state index contributed by atoms with van der Waals surface area (Å²) in [5.41, 5.74) is 4.05. The number of H-pyrrole nitrogens is 1. The fraction of sp³-hybridized carbons (Fsp3) is 0.500. The Morgan fingerprint density at radius 3 is 2.74 bits per heavy atom. The van der Waals surface area contributed by atoms with Crippen molar-refractivity contribution in [1.82, 2.24) is 15.2 Å². The van der Waals surface area contributed by atoms with Gasteiger partial charge < -0.3 is 34.5 Å². The van der Waals surface area contributed by atoms with E-state index in [0.29, 0.717) is 18.8 Å². The molecule has 1 aromatic heterocycles. The number of aryl methyl sites for hydroxylation is 2. The van der Waals surface area contributed by atoms with Crippen LogP contribution in [0.2, 0.25) is 0 Å². The first-order valence-corrected chi connectivity index (χ1v) is 13.4. The van der Waals surface area contributed by atoms with Crippen molar-refractivity contribution in [2.24, 2.45) is 5.92 Å². The van der Waals surface area contributed by atoms with E-state index in [-0.39, 0.29) is 18.6 Å². The molecule has 0 radical (unpaired) electrons. The second-order valence-corrected chi connectivity index (χ2v) is 10.7. The number of carbonyl (C=O) groups excluding carboxylic acids is 1. The lowest BCUT2D eigenvalue weighted by Gasteiger charge is -2.45. The molecular formula is C30H41N3O5. The van der Waals surface area contributed by atoms with Crippen molar-refractivity contribution in [2.75, 3.05) is 34.4 Å². The molecule has 8 nitrogen and oxygen atoms in total. The van der Waals surface area contributed by atoms with Crippen LogP contribution < -0.4 is 14.8 Å². The number of aromatic amines is 1. The molecule has 1 fully saturated rings. The molecule has 0 spiro atoms. The van der Waals surface area contributed by atoms with Crippen LogP contribution in [0.4, 0.5) is 4.79 Å². The Morgan fingerprint density at radius 1 is 1.24 bits per heavy atom. The number of nitrogens with one attached hydrogen (secondary N) is 2. The SMILES string of the molecule is CCOC(=O)Oc1[nH]c2cc(C)cc(C)c2c1CNC1CCC(O)(c2cccc(OC)c2)C(CN(C)C)C1. The fourth-order valence-electron chi connectivity index (χ4n) is 5.89. The van der Waals surface area contributed by atoms with Gasteiger partial charge in [0.2, 0.25) is 5.88 Å². The summed E-state index contributed by atoms with van der Waals surface area (Å²) in [7, 11) is 5.73. The highest BCUT2D eigenvalue weighted by Crippen LogP contribution is 2.43. The lowest BCUT2D eigenvalue weighted by Crippen LogP contribution is -2.49. The zero-order valence-electron chi connectivity index (χ0n) is 23.4. The summed E-state index contributed by atoms with van der Waals surface area (Å²) in [6, 6.07) is 12.2.